The third-order valence-electron chi connectivity index (χ3n) is 2.34. The standard InChI is InChI=1S/C10H9FO2/c11-8-3-6-1-2-9(13)10(6)7(4-8)5-12/h3-4,12H,1-2,5H2. The summed E-state index contributed by atoms with van der Waals surface area (Å²) in [5, 5.41) is 8.93. The van der Waals surface area contributed by atoms with Crippen LogP contribution < -0.4 is 0 Å². The van der Waals surface area contributed by atoms with Gasteiger partial charge in [-0.1, -0.05) is 0 Å². The van der Waals surface area contributed by atoms with E-state index in [9.17, 15) is 9.18 Å². The van der Waals surface area contributed by atoms with Gasteiger partial charge in [-0.15, -0.1) is 0 Å². The zero-order valence-corrected chi connectivity index (χ0v) is 7.01. The summed E-state index contributed by atoms with van der Waals surface area (Å²) in [7, 11) is 0. The Kier molecular flexibility index (Phi) is 1.88. The number of aliphatic hydroxyl groups excluding tert-OH is 1. The number of ketones is 1. The summed E-state index contributed by atoms with van der Waals surface area (Å²) < 4.78 is 12.9. The quantitative estimate of drug-likeness (QED) is 0.710. The Balaban J connectivity index is 2.64. The topological polar surface area (TPSA) is 37.3 Å². The third-order valence-corrected chi connectivity index (χ3v) is 2.34. The molecule has 1 aromatic carbocycles. The van der Waals surface area contributed by atoms with Crippen LogP contribution in [-0.4, -0.2) is 10.9 Å². The molecule has 0 radical (unpaired) electrons. The van der Waals surface area contributed by atoms with Gasteiger partial charge < -0.3 is 5.11 Å². The van der Waals surface area contributed by atoms with Crippen molar-refractivity contribution >= 4 is 5.78 Å². The smallest absolute Gasteiger partial charge is 0.163 e. The van der Waals surface area contributed by atoms with Gasteiger partial charge in [0.15, 0.2) is 5.78 Å². The van der Waals surface area contributed by atoms with Crippen LogP contribution in [0, 0.1) is 5.82 Å². The SMILES string of the molecule is O=C1CCc2cc(F)cc(CO)c21. The fourth-order valence-corrected chi connectivity index (χ4v) is 1.78. The van der Waals surface area contributed by atoms with E-state index in [4.69, 9.17) is 5.11 Å². The molecule has 0 spiro atoms. The van der Waals surface area contributed by atoms with E-state index in [1.807, 2.05) is 0 Å². The number of benzene rings is 1. The lowest BCUT2D eigenvalue weighted by atomic mass is 10.0. The number of aryl methyl sites for hydroxylation is 1. The highest BCUT2D eigenvalue weighted by molar-refractivity contribution is 6.01. The maximum absolute atomic E-state index is 12.9. The van der Waals surface area contributed by atoms with Crippen LogP contribution in [0.5, 0.6) is 0 Å². The van der Waals surface area contributed by atoms with E-state index >= 15 is 0 Å². The molecule has 1 aliphatic carbocycles. The molecule has 0 heterocycles. The molecule has 0 fully saturated rings. The Labute approximate surface area is 75.0 Å². The van der Waals surface area contributed by atoms with E-state index in [1.54, 1.807) is 0 Å². The van der Waals surface area contributed by atoms with Crippen LogP contribution in [0.2, 0.25) is 0 Å². The normalized spacial score (nSPS) is 14.8. The molecule has 0 saturated carbocycles. The Morgan fingerprint density at radius 3 is 2.85 bits per heavy atom. The van der Waals surface area contributed by atoms with Gasteiger partial charge in [-0.05, 0) is 29.7 Å². The van der Waals surface area contributed by atoms with Crippen molar-refractivity contribution in [2.24, 2.45) is 0 Å². The second-order valence-electron chi connectivity index (χ2n) is 3.18. The van der Waals surface area contributed by atoms with Gasteiger partial charge in [0.25, 0.3) is 0 Å². The van der Waals surface area contributed by atoms with Crippen LogP contribution in [0.25, 0.3) is 0 Å². The monoisotopic (exact) mass is 180 g/mol. The first-order valence-electron chi connectivity index (χ1n) is 4.17. The Hall–Kier alpha value is -1.22. The molecule has 1 N–H and O–H groups in total. The van der Waals surface area contributed by atoms with E-state index in [-0.39, 0.29) is 18.2 Å². The van der Waals surface area contributed by atoms with Gasteiger partial charge in [0.05, 0.1) is 6.61 Å². The molecule has 0 amide bonds. The van der Waals surface area contributed by atoms with Crippen molar-refractivity contribution < 1.29 is 14.3 Å². The third kappa shape index (κ3) is 1.25. The van der Waals surface area contributed by atoms with Crippen molar-refractivity contribution in [2.75, 3.05) is 0 Å². The molecule has 13 heavy (non-hydrogen) atoms. The maximum Gasteiger partial charge on any atom is 0.163 e. The highest BCUT2D eigenvalue weighted by Gasteiger charge is 2.23. The predicted octanol–water partition coefficient (Wildman–Crippen LogP) is 1.45. The summed E-state index contributed by atoms with van der Waals surface area (Å²) in [6, 6.07) is 2.60. The zero-order chi connectivity index (χ0) is 9.42. The first kappa shape index (κ1) is 8.38. The molecular formula is C10H9FO2. The van der Waals surface area contributed by atoms with Gasteiger partial charge in [0.2, 0.25) is 0 Å². The van der Waals surface area contributed by atoms with E-state index in [0.717, 1.165) is 5.56 Å². The summed E-state index contributed by atoms with van der Waals surface area (Å²) in [6.45, 7) is -0.272. The molecule has 0 atom stereocenters. The fraction of sp³-hybridized carbons (Fsp3) is 0.300. The Morgan fingerprint density at radius 1 is 1.38 bits per heavy atom. The average molecular weight is 180 g/mol. The van der Waals surface area contributed by atoms with Gasteiger partial charge in [-0.2, -0.15) is 0 Å². The summed E-state index contributed by atoms with van der Waals surface area (Å²) in [6.07, 6.45) is 1.03. The van der Waals surface area contributed by atoms with Crippen molar-refractivity contribution in [3.8, 4) is 0 Å². The number of fused-ring (bicyclic) bond motifs is 1. The van der Waals surface area contributed by atoms with E-state index in [2.05, 4.69) is 0 Å². The highest BCUT2D eigenvalue weighted by atomic mass is 19.1. The van der Waals surface area contributed by atoms with Crippen LogP contribution in [0.4, 0.5) is 4.39 Å². The van der Waals surface area contributed by atoms with Gasteiger partial charge in [-0.25, -0.2) is 4.39 Å². The summed E-state index contributed by atoms with van der Waals surface area (Å²) in [5.41, 5.74) is 1.68. The number of halogens is 1. The number of hydrogen-bond donors (Lipinski definition) is 1. The second kappa shape index (κ2) is 2.92. The predicted molar refractivity (Wildman–Crippen MR) is 45.0 cm³/mol. The van der Waals surface area contributed by atoms with Crippen molar-refractivity contribution in [1.29, 1.82) is 0 Å². The summed E-state index contributed by atoms with van der Waals surface area (Å²) in [5.74, 6) is -0.364. The molecule has 0 bridgehead atoms. The molecular weight excluding hydrogens is 171 g/mol. The lowest BCUT2D eigenvalue weighted by Crippen LogP contribution is -2.00. The number of Topliss-reactive ketones (excluding diaryl/α,β-unsaturated/α-hetero) is 1. The summed E-state index contributed by atoms with van der Waals surface area (Å²) >= 11 is 0. The van der Waals surface area contributed by atoms with Crippen LogP contribution in [0.3, 0.4) is 0 Å². The lowest BCUT2D eigenvalue weighted by Gasteiger charge is -2.04. The molecule has 1 aliphatic rings. The van der Waals surface area contributed by atoms with Crippen LogP contribution in [-0.2, 0) is 13.0 Å². The van der Waals surface area contributed by atoms with Gasteiger partial charge in [0.1, 0.15) is 5.82 Å². The zero-order valence-electron chi connectivity index (χ0n) is 7.01. The molecule has 0 aliphatic heterocycles. The Bertz CT molecular complexity index is 371. The number of carbonyl (C=O) groups is 1. The molecule has 2 nitrogen and oxygen atoms in total. The molecule has 0 saturated heterocycles. The first-order valence-corrected chi connectivity index (χ1v) is 4.17. The minimum Gasteiger partial charge on any atom is -0.392 e. The molecule has 2 rings (SSSR count). The van der Waals surface area contributed by atoms with Crippen LogP contribution in [0.15, 0.2) is 12.1 Å². The lowest BCUT2D eigenvalue weighted by molar-refractivity contribution is 0.0992. The number of rotatable bonds is 1. The van der Waals surface area contributed by atoms with Gasteiger partial charge in [0, 0.05) is 12.0 Å². The van der Waals surface area contributed by atoms with Crippen LogP contribution in [0.1, 0.15) is 27.9 Å². The van der Waals surface area contributed by atoms with Crippen molar-refractivity contribution in [1.82, 2.24) is 0 Å². The molecule has 0 aromatic heterocycles. The first-order chi connectivity index (χ1) is 6.22. The number of hydrogen-bond acceptors (Lipinski definition) is 2. The fourth-order valence-electron chi connectivity index (χ4n) is 1.78. The van der Waals surface area contributed by atoms with Crippen molar-refractivity contribution in [3.63, 3.8) is 0 Å². The minimum absolute atomic E-state index is 0.0130. The largest absolute Gasteiger partial charge is 0.392 e. The van der Waals surface area contributed by atoms with Crippen LogP contribution >= 0.6 is 0 Å². The van der Waals surface area contributed by atoms with E-state index in [0.29, 0.717) is 24.0 Å². The summed E-state index contributed by atoms with van der Waals surface area (Å²) in [4.78, 5) is 11.3. The molecule has 0 unspecified atom stereocenters. The van der Waals surface area contributed by atoms with Crippen molar-refractivity contribution in [2.45, 2.75) is 19.4 Å². The number of carbonyl (C=O) groups excluding carboxylic acids is 1. The number of aliphatic hydroxyl groups is 1. The minimum atomic E-state index is -0.377. The molecule has 68 valence electrons. The van der Waals surface area contributed by atoms with E-state index < -0.39 is 0 Å². The second-order valence-corrected chi connectivity index (χ2v) is 3.18. The van der Waals surface area contributed by atoms with E-state index in [1.165, 1.54) is 12.1 Å². The highest BCUT2D eigenvalue weighted by Crippen LogP contribution is 2.26. The van der Waals surface area contributed by atoms with Gasteiger partial charge >= 0.3 is 0 Å². The van der Waals surface area contributed by atoms with Crippen molar-refractivity contribution in [3.05, 3.63) is 34.6 Å². The maximum atomic E-state index is 12.9. The average Bonchev–Trinajstić information content (AvgIpc) is 2.46. The Morgan fingerprint density at radius 2 is 2.15 bits per heavy atom. The molecule has 3 heteroatoms. The molecule has 1 aromatic rings. The van der Waals surface area contributed by atoms with Gasteiger partial charge in [-0.3, -0.25) is 4.79 Å².